The van der Waals surface area contributed by atoms with Crippen LogP contribution in [0.5, 0.6) is 11.5 Å². The van der Waals surface area contributed by atoms with E-state index in [1.807, 2.05) is 4.90 Å². The van der Waals surface area contributed by atoms with Crippen molar-refractivity contribution in [3.8, 4) is 11.5 Å². The molecule has 132 valence electrons. The third-order valence-electron chi connectivity index (χ3n) is 4.90. The monoisotopic (exact) mass is 352 g/mol. The molecule has 2 heterocycles. The van der Waals surface area contributed by atoms with Crippen molar-refractivity contribution in [2.24, 2.45) is 11.8 Å². The lowest BCUT2D eigenvalue weighted by molar-refractivity contribution is 0.0781. The van der Waals surface area contributed by atoms with Gasteiger partial charge in [-0.15, -0.1) is 0 Å². The van der Waals surface area contributed by atoms with Crippen LogP contribution in [-0.2, 0) is 0 Å². The standard InChI is InChI=1S/C18H25ClN2O3/c1-3-4-5-24-17-15(19)6-12(7-16(17)23-2)18(22)21-10-13-8-20-9-14(13)11-21/h6-7,13-14,20H,3-5,8-11H2,1-2H3/t13-,14+. The molecule has 0 saturated carbocycles. The van der Waals surface area contributed by atoms with Crippen LogP contribution < -0.4 is 14.8 Å². The average molecular weight is 353 g/mol. The zero-order valence-electron chi connectivity index (χ0n) is 14.3. The van der Waals surface area contributed by atoms with Gasteiger partial charge in [0.1, 0.15) is 0 Å². The third kappa shape index (κ3) is 3.47. The predicted octanol–water partition coefficient (Wildman–Crippen LogP) is 2.82. The molecule has 3 rings (SSSR count). The second-order valence-electron chi connectivity index (χ2n) is 6.58. The molecule has 2 aliphatic heterocycles. The topological polar surface area (TPSA) is 50.8 Å². The van der Waals surface area contributed by atoms with Crippen LogP contribution in [0.25, 0.3) is 0 Å². The second-order valence-corrected chi connectivity index (χ2v) is 6.99. The van der Waals surface area contributed by atoms with E-state index in [0.717, 1.165) is 39.0 Å². The maximum Gasteiger partial charge on any atom is 0.254 e. The van der Waals surface area contributed by atoms with Crippen molar-refractivity contribution < 1.29 is 14.3 Å². The predicted molar refractivity (Wildman–Crippen MR) is 94.2 cm³/mol. The quantitative estimate of drug-likeness (QED) is 0.800. The largest absolute Gasteiger partial charge is 0.493 e. The zero-order chi connectivity index (χ0) is 17.1. The van der Waals surface area contributed by atoms with Crippen molar-refractivity contribution in [1.82, 2.24) is 10.2 Å². The minimum atomic E-state index is 0.0182. The maximum absolute atomic E-state index is 12.8. The molecule has 0 unspecified atom stereocenters. The van der Waals surface area contributed by atoms with Gasteiger partial charge in [0.15, 0.2) is 11.5 Å². The molecule has 24 heavy (non-hydrogen) atoms. The number of carbonyl (C=O) groups excluding carboxylic acids is 1. The fourth-order valence-corrected chi connectivity index (χ4v) is 3.77. The highest BCUT2D eigenvalue weighted by Gasteiger charge is 2.38. The molecular weight excluding hydrogens is 328 g/mol. The van der Waals surface area contributed by atoms with Gasteiger partial charge in [-0.1, -0.05) is 24.9 Å². The van der Waals surface area contributed by atoms with E-state index in [1.54, 1.807) is 19.2 Å². The number of nitrogens with one attached hydrogen (secondary N) is 1. The molecule has 0 aromatic heterocycles. The van der Waals surface area contributed by atoms with Gasteiger partial charge < -0.3 is 19.7 Å². The van der Waals surface area contributed by atoms with Crippen molar-refractivity contribution in [2.75, 3.05) is 39.9 Å². The van der Waals surface area contributed by atoms with Crippen LogP contribution in [0.1, 0.15) is 30.1 Å². The summed E-state index contributed by atoms with van der Waals surface area (Å²) in [4.78, 5) is 14.8. The minimum absolute atomic E-state index is 0.0182. The molecule has 2 aliphatic rings. The number of likely N-dealkylation sites (tertiary alicyclic amines) is 1. The highest BCUT2D eigenvalue weighted by molar-refractivity contribution is 6.32. The Labute approximate surface area is 148 Å². The Balaban J connectivity index is 1.76. The summed E-state index contributed by atoms with van der Waals surface area (Å²) in [7, 11) is 1.57. The van der Waals surface area contributed by atoms with Crippen LogP contribution >= 0.6 is 11.6 Å². The fraction of sp³-hybridized carbons (Fsp3) is 0.611. The molecule has 5 nitrogen and oxygen atoms in total. The van der Waals surface area contributed by atoms with Crippen LogP contribution in [0.3, 0.4) is 0 Å². The molecule has 2 saturated heterocycles. The van der Waals surface area contributed by atoms with Gasteiger partial charge in [0.2, 0.25) is 0 Å². The van der Waals surface area contributed by atoms with Crippen molar-refractivity contribution >= 4 is 17.5 Å². The number of hydrogen-bond acceptors (Lipinski definition) is 4. The molecule has 2 atom stereocenters. The van der Waals surface area contributed by atoms with Gasteiger partial charge >= 0.3 is 0 Å². The fourth-order valence-electron chi connectivity index (χ4n) is 3.51. The van der Waals surface area contributed by atoms with Crippen molar-refractivity contribution in [3.05, 3.63) is 22.7 Å². The first kappa shape index (κ1) is 17.4. The lowest BCUT2D eigenvalue weighted by Gasteiger charge is -2.19. The number of unbranched alkanes of at least 4 members (excludes halogenated alkanes) is 1. The maximum atomic E-state index is 12.8. The second kappa shape index (κ2) is 7.62. The summed E-state index contributed by atoms with van der Waals surface area (Å²) in [6, 6.07) is 3.43. The Kier molecular flexibility index (Phi) is 5.51. The summed E-state index contributed by atoms with van der Waals surface area (Å²) >= 11 is 6.35. The Hall–Kier alpha value is -1.46. The van der Waals surface area contributed by atoms with E-state index in [0.29, 0.717) is 40.5 Å². The smallest absolute Gasteiger partial charge is 0.254 e. The van der Waals surface area contributed by atoms with Gasteiger partial charge in [-0.05, 0) is 30.4 Å². The highest BCUT2D eigenvalue weighted by Crippen LogP contribution is 2.37. The number of fused-ring (bicyclic) bond motifs is 1. The molecule has 0 bridgehead atoms. The molecule has 1 N–H and O–H groups in total. The van der Waals surface area contributed by atoms with Crippen LogP contribution in [-0.4, -0.2) is 50.7 Å². The van der Waals surface area contributed by atoms with Crippen LogP contribution in [0.15, 0.2) is 12.1 Å². The van der Waals surface area contributed by atoms with Gasteiger partial charge in [0.05, 0.1) is 18.7 Å². The number of carbonyl (C=O) groups is 1. The Morgan fingerprint density at radius 1 is 1.33 bits per heavy atom. The molecule has 1 aromatic carbocycles. The van der Waals surface area contributed by atoms with E-state index in [2.05, 4.69) is 12.2 Å². The van der Waals surface area contributed by atoms with Crippen LogP contribution in [0.4, 0.5) is 0 Å². The van der Waals surface area contributed by atoms with Crippen molar-refractivity contribution in [3.63, 3.8) is 0 Å². The Morgan fingerprint density at radius 3 is 2.67 bits per heavy atom. The minimum Gasteiger partial charge on any atom is -0.493 e. The summed E-state index contributed by atoms with van der Waals surface area (Å²) < 4.78 is 11.1. The van der Waals surface area contributed by atoms with E-state index in [1.165, 1.54) is 0 Å². The van der Waals surface area contributed by atoms with Gasteiger partial charge in [0, 0.05) is 31.7 Å². The zero-order valence-corrected chi connectivity index (χ0v) is 15.1. The van der Waals surface area contributed by atoms with Gasteiger partial charge in [-0.2, -0.15) is 0 Å². The number of nitrogens with zero attached hydrogens (tertiary/aromatic N) is 1. The van der Waals surface area contributed by atoms with E-state index in [9.17, 15) is 4.79 Å². The molecule has 0 aliphatic carbocycles. The number of rotatable bonds is 6. The number of hydrogen-bond donors (Lipinski definition) is 1. The molecule has 1 amide bonds. The normalized spacial score (nSPS) is 22.5. The molecule has 0 spiro atoms. The Bertz CT molecular complexity index is 596. The molecule has 0 radical (unpaired) electrons. The highest BCUT2D eigenvalue weighted by atomic mass is 35.5. The first-order valence-corrected chi connectivity index (χ1v) is 9.02. The van der Waals surface area contributed by atoms with Gasteiger partial charge in [-0.3, -0.25) is 4.79 Å². The average Bonchev–Trinajstić information content (AvgIpc) is 3.17. The van der Waals surface area contributed by atoms with Crippen molar-refractivity contribution in [1.29, 1.82) is 0 Å². The van der Waals surface area contributed by atoms with E-state index in [4.69, 9.17) is 21.1 Å². The van der Waals surface area contributed by atoms with Crippen LogP contribution in [0, 0.1) is 11.8 Å². The lowest BCUT2D eigenvalue weighted by atomic mass is 10.0. The third-order valence-corrected chi connectivity index (χ3v) is 5.18. The summed E-state index contributed by atoms with van der Waals surface area (Å²) in [5, 5.41) is 3.81. The first-order valence-electron chi connectivity index (χ1n) is 8.64. The molecule has 2 fully saturated rings. The number of amides is 1. The van der Waals surface area contributed by atoms with E-state index >= 15 is 0 Å². The van der Waals surface area contributed by atoms with Gasteiger partial charge in [0.25, 0.3) is 5.91 Å². The van der Waals surface area contributed by atoms with Crippen LogP contribution in [0.2, 0.25) is 5.02 Å². The molecule has 1 aromatic rings. The molecule has 6 heteroatoms. The summed E-state index contributed by atoms with van der Waals surface area (Å²) in [6.45, 7) is 6.31. The summed E-state index contributed by atoms with van der Waals surface area (Å²) in [5.74, 6) is 2.20. The SMILES string of the molecule is CCCCOc1c(Cl)cc(C(=O)N2C[C@H]3CNC[C@H]3C2)cc1OC. The first-order chi connectivity index (χ1) is 11.6. The number of ether oxygens (including phenoxy) is 2. The van der Waals surface area contributed by atoms with E-state index < -0.39 is 0 Å². The van der Waals surface area contributed by atoms with Crippen molar-refractivity contribution in [2.45, 2.75) is 19.8 Å². The molecular formula is C18H25ClN2O3. The van der Waals surface area contributed by atoms with E-state index in [-0.39, 0.29) is 5.91 Å². The summed E-state index contributed by atoms with van der Waals surface area (Å²) in [5.41, 5.74) is 0.563. The lowest BCUT2D eigenvalue weighted by Crippen LogP contribution is -2.31. The summed E-state index contributed by atoms with van der Waals surface area (Å²) in [6.07, 6.45) is 1.99. The number of benzene rings is 1. The number of halogens is 1. The Morgan fingerprint density at radius 2 is 2.04 bits per heavy atom. The van der Waals surface area contributed by atoms with Gasteiger partial charge in [-0.25, -0.2) is 0 Å². The number of methoxy groups -OCH3 is 1.